The van der Waals surface area contributed by atoms with Gasteiger partial charge in [-0.2, -0.15) is 0 Å². The second kappa shape index (κ2) is 7.47. The minimum Gasteiger partial charge on any atom is -0.465 e. The number of nitrogens with zero attached hydrogens (tertiary/aromatic N) is 3. The standard InChI is InChI=1S/C18H20N6O3S/c1-19-16(25)13-8-22-17(28-13)12-7-21-15-11(4-5-20-15)14(12)23-10-3-2-6-24(9-10)18(26)27/h4-5,7-8,10H,2-3,6,9H2,1H3,(H,19,25)(H,26,27)(H2,20,21,23)/t10-/m1/s1. The second-order valence-corrected chi connectivity index (χ2v) is 7.64. The molecule has 4 rings (SSSR count). The number of aromatic amines is 1. The van der Waals surface area contributed by atoms with Crippen LogP contribution in [0.25, 0.3) is 21.6 Å². The first-order valence-electron chi connectivity index (χ1n) is 8.95. The third-order valence-corrected chi connectivity index (χ3v) is 5.84. The molecule has 146 valence electrons. The van der Waals surface area contributed by atoms with Crippen LogP contribution >= 0.6 is 11.3 Å². The summed E-state index contributed by atoms with van der Waals surface area (Å²) >= 11 is 1.29. The van der Waals surface area contributed by atoms with Crippen LogP contribution in [0.4, 0.5) is 10.5 Å². The van der Waals surface area contributed by atoms with Gasteiger partial charge in [0.15, 0.2) is 0 Å². The van der Waals surface area contributed by atoms with Crippen LogP contribution in [0.3, 0.4) is 0 Å². The Morgan fingerprint density at radius 1 is 1.36 bits per heavy atom. The molecule has 0 aromatic carbocycles. The Hall–Kier alpha value is -3.14. The van der Waals surface area contributed by atoms with Crippen molar-refractivity contribution in [1.29, 1.82) is 0 Å². The van der Waals surface area contributed by atoms with Crippen LogP contribution in [0, 0.1) is 0 Å². The van der Waals surface area contributed by atoms with E-state index in [1.165, 1.54) is 16.2 Å². The number of amides is 2. The summed E-state index contributed by atoms with van der Waals surface area (Å²) in [4.78, 5) is 37.2. The van der Waals surface area contributed by atoms with Gasteiger partial charge < -0.3 is 25.6 Å². The van der Waals surface area contributed by atoms with Gasteiger partial charge in [-0.25, -0.2) is 14.8 Å². The molecular weight excluding hydrogens is 380 g/mol. The van der Waals surface area contributed by atoms with Gasteiger partial charge >= 0.3 is 6.09 Å². The zero-order valence-corrected chi connectivity index (χ0v) is 16.0. The van der Waals surface area contributed by atoms with Gasteiger partial charge in [-0.15, -0.1) is 11.3 Å². The number of likely N-dealkylation sites (tertiary alicyclic amines) is 1. The maximum atomic E-state index is 11.9. The number of H-pyrrole nitrogens is 1. The first kappa shape index (κ1) is 18.2. The van der Waals surface area contributed by atoms with E-state index in [0.29, 0.717) is 23.0 Å². The predicted octanol–water partition coefficient (Wildman–Crippen LogP) is 2.60. The van der Waals surface area contributed by atoms with E-state index in [1.807, 2.05) is 12.3 Å². The number of hydrogen-bond acceptors (Lipinski definition) is 6. The fourth-order valence-electron chi connectivity index (χ4n) is 3.43. The number of aromatic nitrogens is 3. The molecule has 0 bridgehead atoms. The number of carboxylic acid groups (broad SMARTS) is 1. The van der Waals surface area contributed by atoms with E-state index in [2.05, 4.69) is 25.6 Å². The fraction of sp³-hybridized carbons (Fsp3) is 0.333. The molecule has 2 amide bonds. The van der Waals surface area contributed by atoms with Crippen LogP contribution in [0.15, 0.2) is 24.7 Å². The molecule has 3 aromatic rings. The summed E-state index contributed by atoms with van der Waals surface area (Å²) in [6.45, 7) is 0.975. The smallest absolute Gasteiger partial charge is 0.407 e. The number of piperidine rings is 1. The van der Waals surface area contributed by atoms with E-state index < -0.39 is 6.09 Å². The van der Waals surface area contributed by atoms with Crippen molar-refractivity contribution in [2.45, 2.75) is 18.9 Å². The molecule has 4 heterocycles. The summed E-state index contributed by atoms with van der Waals surface area (Å²) in [5.41, 5.74) is 2.38. The van der Waals surface area contributed by atoms with Gasteiger partial charge in [0.25, 0.3) is 5.91 Å². The molecule has 0 unspecified atom stereocenters. The lowest BCUT2D eigenvalue weighted by molar-refractivity contribution is 0.0966. The number of pyridine rings is 1. The highest BCUT2D eigenvalue weighted by atomic mass is 32.1. The minimum atomic E-state index is -0.900. The number of carbonyl (C=O) groups excluding carboxylic acids is 1. The van der Waals surface area contributed by atoms with Crippen molar-refractivity contribution in [3.05, 3.63) is 29.5 Å². The van der Waals surface area contributed by atoms with E-state index in [9.17, 15) is 14.7 Å². The minimum absolute atomic E-state index is 0.0116. The molecule has 28 heavy (non-hydrogen) atoms. The largest absolute Gasteiger partial charge is 0.465 e. The van der Waals surface area contributed by atoms with Crippen LogP contribution < -0.4 is 10.6 Å². The lowest BCUT2D eigenvalue weighted by Crippen LogP contribution is -2.44. The normalized spacial score (nSPS) is 16.9. The van der Waals surface area contributed by atoms with Crippen molar-refractivity contribution in [3.8, 4) is 10.6 Å². The molecule has 4 N–H and O–H groups in total. The zero-order valence-electron chi connectivity index (χ0n) is 15.2. The highest BCUT2D eigenvalue weighted by Crippen LogP contribution is 2.36. The Morgan fingerprint density at radius 3 is 3.00 bits per heavy atom. The van der Waals surface area contributed by atoms with Crippen LogP contribution in [0.5, 0.6) is 0 Å². The van der Waals surface area contributed by atoms with Gasteiger partial charge in [0.05, 0.1) is 17.4 Å². The van der Waals surface area contributed by atoms with E-state index in [0.717, 1.165) is 35.1 Å². The Labute approximate surface area is 164 Å². The maximum absolute atomic E-state index is 11.9. The van der Waals surface area contributed by atoms with Crippen molar-refractivity contribution >= 4 is 40.1 Å². The van der Waals surface area contributed by atoms with E-state index in [-0.39, 0.29) is 11.9 Å². The van der Waals surface area contributed by atoms with E-state index >= 15 is 0 Å². The highest BCUT2D eigenvalue weighted by Gasteiger charge is 2.25. The van der Waals surface area contributed by atoms with Gasteiger partial charge in [0, 0.05) is 44.0 Å². The topological polar surface area (TPSA) is 123 Å². The highest BCUT2D eigenvalue weighted by molar-refractivity contribution is 7.17. The average molecular weight is 400 g/mol. The number of rotatable bonds is 4. The summed E-state index contributed by atoms with van der Waals surface area (Å²) in [7, 11) is 1.58. The monoisotopic (exact) mass is 400 g/mol. The molecule has 1 atom stereocenters. The number of anilines is 1. The summed E-state index contributed by atoms with van der Waals surface area (Å²) in [6.07, 6.45) is 5.87. The molecule has 0 spiro atoms. The molecule has 1 saturated heterocycles. The number of hydrogen-bond donors (Lipinski definition) is 4. The SMILES string of the molecule is CNC(=O)c1cnc(-c2cnc3[nH]ccc3c2N[C@@H]2CCCN(C(=O)O)C2)s1. The molecule has 0 saturated carbocycles. The maximum Gasteiger partial charge on any atom is 0.407 e. The molecule has 3 aromatic heterocycles. The van der Waals surface area contributed by atoms with Crippen LogP contribution in [0.2, 0.25) is 0 Å². The van der Waals surface area contributed by atoms with Gasteiger partial charge in [0.1, 0.15) is 15.5 Å². The average Bonchev–Trinajstić information content (AvgIpc) is 3.37. The van der Waals surface area contributed by atoms with Crippen molar-refractivity contribution in [3.63, 3.8) is 0 Å². The molecular formula is C18H20N6O3S. The fourth-order valence-corrected chi connectivity index (χ4v) is 4.30. The summed E-state index contributed by atoms with van der Waals surface area (Å²) in [5.74, 6) is -0.182. The Morgan fingerprint density at radius 2 is 2.21 bits per heavy atom. The molecule has 1 fully saturated rings. The Bertz CT molecular complexity index is 1030. The Balaban J connectivity index is 1.71. The Kier molecular flexibility index (Phi) is 4.86. The second-order valence-electron chi connectivity index (χ2n) is 6.61. The third kappa shape index (κ3) is 3.38. The first-order valence-corrected chi connectivity index (χ1v) is 9.77. The van der Waals surface area contributed by atoms with Crippen LogP contribution in [0.1, 0.15) is 22.5 Å². The van der Waals surface area contributed by atoms with Crippen molar-refractivity contribution in [2.75, 3.05) is 25.5 Å². The molecule has 0 aliphatic carbocycles. The van der Waals surface area contributed by atoms with Crippen molar-refractivity contribution in [1.82, 2.24) is 25.2 Å². The molecule has 1 aliphatic heterocycles. The quantitative estimate of drug-likeness (QED) is 0.534. The van der Waals surface area contributed by atoms with Crippen molar-refractivity contribution in [2.24, 2.45) is 0 Å². The molecule has 1 aliphatic rings. The van der Waals surface area contributed by atoms with E-state index in [4.69, 9.17) is 0 Å². The summed E-state index contributed by atoms with van der Waals surface area (Å²) in [6, 6.07) is 1.92. The zero-order chi connectivity index (χ0) is 19.7. The number of nitrogens with one attached hydrogen (secondary N) is 3. The summed E-state index contributed by atoms with van der Waals surface area (Å²) < 4.78 is 0. The molecule has 10 heteroatoms. The number of thiazole rings is 1. The first-order chi connectivity index (χ1) is 13.6. The van der Waals surface area contributed by atoms with Crippen LogP contribution in [-0.4, -0.2) is 63.1 Å². The predicted molar refractivity (Wildman–Crippen MR) is 107 cm³/mol. The van der Waals surface area contributed by atoms with Gasteiger partial charge in [-0.3, -0.25) is 4.79 Å². The summed E-state index contributed by atoms with van der Waals surface area (Å²) in [5, 5.41) is 17.0. The van der Waals surface area contributed by atoms with Gasteiger partial charge in [0.2, 0.25) is 0 Å². The third-order valence-electron chi connectivity index (χ3n) is 4.81. The van der Waals surface area contributed by atoms with Crippen LogP contribution in [-0.2, 0) is 0 Å². The molecule has 9 nitrogen and oxygen atoms in total. The van der Waals surface area contributed by atoms with Crippen molar-refractivity contribution < 1.29 is 14.7 Å². The number of fused-ring (bicyclic) bond motifs is 1. The van der Waals surface area contributed by atoms with E-state index in [1.54, 1.807) is 19.4 Å². The lowest BCUT2D eigenvalue weighted by atomic mass is 10.0. The van der Waals surface area contributed by atoms with Gasteiger partial charge in [-0.05, 0) is 18.9 Å². The lowest BCUT2D eigenvalue weighted by Gasteiger charge is -2.32. The van der Waals surface area contributed by atoms with Gasteiger partial charge in [-0.1, -0.05) is 0 Å². The number of carbonyl (C=O) groups is 2. The molecule has 0 radical (unpaired) electrons.